The molecule has 0 aliphatic carbocycles. The molecule has 0 aliphatic heterocycles. The largest absolute Gasteiger partial charge is 0.480 e. The number of hydrogen-bond acceptors (Lipinski definition) is 7. The van der Waals surface area contributed by atoms with Gasteiger partial charge in [-0.25, -0.2) is 4.79 Å². The van der Waals surface area contributed by atoms with Crippen molar-refractivity contribution in [2.24, 2.45) is 17.6 Å². The number of nitrogens with two attached hydrogens (primary N) is 1. The molecule has 0 bridgehead atoms. The molecule has 28 heavy (non-hydrogen) atoms. The van der Waals surface area contributed by atoms with Gasteiger partial charge in [0.15, 0.2) is 0 Å². The molecular weight excluding hydrogens is 400 g/mol. The molecule has 0 aromatic carbocycles. The highest BCUT2D eigenvalue weighted by Gasteiger charge is 2.31. The van der Waals surface area contributed by atoms with Gasteiger partial charge in [0.25, 0.3) is 0 Å². The van der Waals surface area contributed by atoms with E-state index < -0.39 is 30.0 Å². The van der Waals surface area contributed by atoms with Gasteiger partial charge in [-0.2, -0.15) is 24.4 Å². The first-order valence-electron chi connectivity index (χ1n) is 9.47. The van der Waals surface area contributed by atoms with Crippen molar-refractivity contribution in [3.8, 4) is 0 Å². The van der Waals surface area contributed by atoms with Crippen LogP contribution in [0.25, 0.3) is 0 Å². The zero-order valence-corrected chi connectivity index (χ0v) is 19.1. The molecule has 0 aromatic heterocycles. The lowest BCUT2D eigenvalue weighted by atomic mass is 9.99. The van der Waals surface area contributed by atoms with Crippen LogP contribution in [0, 0.1) is 11.8 Å². The molecule has 8 nitrogen and oxygen atoms in total. The molecule has 0 radical (unpaired) electrons. The van der Waals surface area contributed by atoms with Gasteiger partial charge < -0.3 is 26.8 Å². The number of thiol groups is 1. The summed E-state index contributed by atoms with van der Waals surface area (Å²) in [6.45, 7) is 7.83. The second-order valence-electron chi connectivity index (χ2n) is 7.48. The first-order chi connectivity index (χ1) is 13.0. The Balaban J connectivity index is 5.11. The van der Waals surface area contributed by atoms with Crippen molar-refractivity contribution >= 4 is 42.2 Å². The summed E-state index contributed by atoms with van der Waals surface area (Å²) in [5, 5.41) is 17.8. The maximum absolute atomic E-state index is 12.8. The zero-order chi connectivity index (χ0) is 21.9. The van der Waals surface area contributed by atoms with Crippen molar-refractivity contribution in [2.45, 2.75) is 58.3 Å². The van der Waals surface area contributed by atoms with Gasteiger partial charge in [0.2, 0.25) is 11.8 Å². The predicted molar refractivity (Wildman–Crippen MR) is 118 cm³/mol. The summed E-state index contributed by atoms with van der Waals surface area (Å²) >= 11 is 5.64. The Morgan fingerprint density at radius 1 is 1.04 bits per heavy atom. The third-order valence-corrected chi connectivity index (χ3v) is 5.37. The lowest BCUT2D eigenvalue weighted by molar-refractivity contribution is -0.142. The lowest BCUT2D eigenvalue weighted by Gasteiger charge is -2.28. The molecule has 164 valence electrons. The first-order valence-corrected chi connectivity index (χ1v) is 11.5. The molecule has 0 aliphatic rings. The molecule has 0 spiro atoms. The van der Waals surface area contributed by atoms with E-state index in [-0.39, 0.29) is 23.8 Å². The van der Waals surface area contributed by atoms with Gasteiger partial charge in [0.1, 0.15) is 12.1 Å². The van der Waals surface area contributed by atoms with Crippen LogP contribution in [-0.4, -0.2) is 71.4 Å². The summed E-state index contributed by atoms with van der Waals surface area (Å²) in [6.07, 6.45) is 2.19. The average molecular weight is 437 g/mol. The molecule has 0 saturated heterocycles. The highest BCUT2D eigenvalue weighted by atomic mass is 32.2. The van der Waals surface area contributed by atoms with Gasteiger partial charge in [0, 0.05) is 18.3 Å². The third kappa shape index (κ3) is 9.99. The molecule has 2 amide bonds. The Morgan fingerprint density at radius 3 is 2.00 bits per heavy atom. The van der Waals surface area contributed by atoms with E-state index in [1.165, 1.54) is 11.8 Å². The second kappa shape index (κ2) is 14.1. The number of carboxylic acids is 1. The van der Waals surface area contributed by atoms with E-state index in [0.717, 1.165) is 0 Å². The SMILES string of the molecule is CSCC[C@H](NC(=O)[C@@H](NC(=O)[C@@H](NC[C@@H](N)CS)C(C)C)C(C)C)C(=O)O. The highest BCUT2D eigenvalue weighted by molar-refractivity contribution is 7.98. The Morgan fingerprint density at radius 2 is 1.57 bits per heavy atom. The normalized spacial score (nSPS) is 15.8. The molecule has 10 heteroatoms. The van der Waals surface area contributed by atoms with Crippen LogP contribution in [-0.2, 0) is 14.4 Å². The van der Waals surface area contributed by atoms with E-state index in [2.05, 4.69) is 28.6 Å². The molecule has 0 saturated carbocycles. The van der Waals surface area contributed by atoms with Crippen LogP contribution in [0.15, 0.2) is 0 Å². The number of aliphatic carboxylic acids is 1. The minimum absolute atomic E-state index is 0.0173. The van der Waals surface area contributed by atoms with Crippen molar-refractivity contribution in [2.75, 3.05) is 24.3 Å². The summed E-state index contributed by atoms with van der Waals surface area (Å²) in [5.74, 6) is -1.01. The number of nitrogens with one attached hydrogen (secondary N) is 3. The Bertz CT molecular complexity index is 506. The molecular formula is C18H36N4O4S2. The van der Waals surface area contributed by atoms with Crippen molar-refractivity contribution in [3.05, 3.63) is 0 Å². The molecule has 0 fully saturated rings. The zero-order valence-electron chi connectivity index (χ0n) is 17.4. The molecule has 0 rings (SSSR count). The average Bonchev–Trinajstić information content (AvgIpc) is 2.61. The molecule has 0 unspecified atom stereocenters. The third-order valence-electron chi connectivity index (χ3n) is 4.26. The van der Waals surface area contributed by atoms with Crippen LogP contribution >= 0.6 is 24.4 Å². The highest BCUT2D eigenvalue weighted by Crippen LogP contribution is 2.08. The van der Waals surface area contributed by atoms with E-state index in [1.807, 2.05) is 20.1 Å². The Hall–Kier alpha value is -0.970. The maximum Gasteiger partial charge on any atom is 0.326 e. The summed E-state index contributed by atoms with van der Waals surface area (Å²) in [7, 11) is 0. The molecule has 0 aromatic rings. The van der Waals surface area contributed by atoms with Gasteiger partial charge in [-0.15, -0.1) is 0 Å². The smallest absolute Gasteiger partial charge is 0.326 e. The summed E-state index contributed by atoms with van der Waals surface area (Å²) in [4.78, 5) is 36.8. The first kappa shape index (κ1) is 27.0. The van der Waals surface area contributed by atoms with E-state index in [9.17, 15) is 19.5 Å². The van der Waals surface area contributed by atoms with Gasteiger partial charge in [0.05, 0.1) is 6.04 Å². The minimum Gasteiger partial charge on any atom is -0.480 e. The summed E-state index contributed by atoms with van der Waals surface area (Å²) < 4.78 is 0. The summed E-state index contributed by atoms with van der Waals surface area (Å²) in [6, 6.07) is -2.52. The number of carbonyl (C=O) groups excluding carboxylic acids is 2. The monoisotopic (exact) mass is 436 g/mol. The lowest BCUT2D eigenvalue weighted by Crippen LogP contribution is -2.58. The Kier molecular flexibility index (Phi) is 13.6. The van der Waals surface area contributed by atoms with Crippen molar-refractivity contribution in [1.29, 1.82) is 0 Å². The fourth-order valence-electron chi connectivity index (χ4n) is 2.51. The van der Waals surface area contributed by atoms with Crippen LogP contribution in [0.2, 0.25) is 0 Å². The fourth-order valence-corrected chi connectivity index (χ4v) is 3.11. The van der Waals surface area contributed by atoms with Crippen molar-refractivity contribution in [1.82, 2.24) is 16.0 Å². The topological polar surface area (TPSA) is 134 Å². The van der Waals surface area contributed by atoms with Crippen molar-refractivity contribution in [3.63, 3.8) is 0 Å². The fraction of sp³-hybridized carbons (Fsp3) is 0.833. The van der Waals surface area contributed by atoms with Gasteiger partial charge >= 0.3 is 5.97 Å². The van der Waals surface area contributed by atoms with Crippen LogP contribution in [0.3, 0.4) is 0 Å². The number of carboxylic acid groups (broad SMARTS) is 1. The van der Waals surface area contributed by atoms with Crippen LogP contribution < -0.4 is 21.7 Å². The quantitative estimate of drug-likeness (QED) is 0.216. The van der Waals surface area contributed by atoms with Crippen LogP contribution in [0.1, 0.15) is 34.1 Å². The number of carbonyl (C=O) groups is 3. The van der Waals surface area contributed by atoms with E-state index in [1.54, 1.807) is 13.8 Å². The standard InChI is InChI=1S/C18H36N4O4S2/c1-10(2)14(20-8-12(19)9-27)16(23)22-15(11(3)4)17(24)21-13(18(25)26)6-7-28-5/h10-15,20,27H,6-9,19H2,1-5H3,(H,21,24)(H,22,23)(H,25,26)/t12-,13+,14+,15+/m1/s1. The number of rotatable bonds is 14. The van der Waals surface area contributed by atoms with Crippen LogP contribution in [0.4, 0.5) is 0 Å². The summed E-state index contributed by atoms with van der Waals surface area (Å²) in [5.41, 5.74) is 5.85. The van der Waals surface area contributed by atoms with Gasteiger partial charge in [-0.3, -0.25) is 9.59 Å². The number of amides is 2. The molecule has 0 heterocycles. The van der Waals surface area contributed by atoms with Crippen LogP contribution in [0.5, 0.6) is 0 Å². The second-order valence-corrected chi connectivity index (χ2v) is 8.83. The minimum atomic E-state index is -1.08. The van der Waals surface area contributed by atoms with E-state index >= 15 is 0 Å². The van der Waals surface area contributed by atoms with Crippen molar-refractivity contribution < 1.29 is 19.5 Å². The molecule has 4 atom stereocenters. The van der Waals surface area contributed by atoms with Gasteiger partial charge in [-0.05, 0) is 30.3 Å². The predicted octanol–water partition coefficient (Wildman–Crippen LogP) is 0.321. The van der Waals surface area contributed by atoms with E-state index in [0.29, 0.717) is 24.5 Å². The van der Waals surface area contributed by atoms with E-state index in [4.69, 9.17) is 5.73 Å². The van der Waals surface area contributed by atoms with Gasteiger partial charge in [-0.1, -0.05) is 27.7 Å². The maximum atomic E-state index is 12.8. The Labute approximate surface area is 177 Å². The number of thioether (sulfide) groups is 1. The molecule has 6 N–H and O–H groups in total. The number of hydrogen-bond donors (Lipinski definition) is 6.